The van der Waals surface area contributed by atoms with Crippen LogP contribution >= 0.6 is 11.9 Å². The van der Waals surface area contributed by atoms with Crippen molar-refractivity contribution in [2.75, 3.05) is 55.5 Å². The largest absolute Gasteiger partial charge is 0.495 e. The highest BCUT2D eigenvalue weighted by Gasteiger charge is 2.30. The average molecular weight is 624 g/mol. The molecule has 0 radical (unpaired) electrons. The fraction of sp³-hybridized carbons (Fsp3) is 0.281. The van der Waals surface area contributed by atoms with Crippen LogP contribution < -0.4 is 25.0 Å². The van der Waals surface area contributed by atoms with Crippen molar-refractivity contribution in [1.82, 2.24) is 9.29 Å². The van der Waals surface area contributed by atoms with Crippen molar-refractivity contribution in [3.05, 3.63) is 72.4 Å². The lowest BCUT2D eigenvalue weighted by Crippen LogP contribution is -2.36. The van der Waals surface area contributed by atoms with E-state index in [1.807, 2.05) is 36.4 Å². The number of ether oxygens (including phenoxy) is 2. The maximum absolute atomic E-state index is 13.6. The molecule has 0 bridgehead atoms. The molecule has 1 aromatic heterocycles. The molecule has 44 heavy (non-hydrogen) atoms. The Balaban J connectivity index is 1.35. The average Bonchev–Trinajstić information content (AvgIpc) is 3.35. The highest BCUT2D eigenvalue weighted by Crippen LogP contribution is 2.33. The second kappa shape index (κ2) is 13.9. The van der Waals surface area contributed by atoms with E-state index in [1.54, 1.807) is 30.3 Å². The molecule has 230 valence electrons. The van der Waals surface area contributed by atoms with Gasteiger partial charge in [-0.15, -0.1) is 0 Å². The van der Waals surface area contributed by atoms with Crippen LogP contribution in [0.15, 0.2) is 71.6 Å². The number of fused-ring (bicyclic) bond motifs is 1. The third-order valence-corrected chi connectivity index (χ3v) is 7.75. The van der Waals surface area contributed by atoms with E-state index in [0.29, 0.717) is 41.2 Å². The molecule has 3 N–H and O–H groups in total. The van der Waals surface area contributed by atoms with Gasteiger partial charge in [0, 0.05) is 47.4 Å². The van der Waals surface area contributed by atoms with E-state index in [9.17, 15) is 18.0 Å². The monoisotopic (exact) mass is 623 g/mol. The quantitative estimate of drug-likeness (QED) is 0.147. The topological polar surface area (TPSA) is 79.8 Å². The lowest BCUT2D eigenvalue weighted by molar-refractivity contribution is -0.140. The van der Waals surface area contributed by atoms with Gasteiger partial charge in [-0.25, -0.2) is 0 Å². The first-order valence-corrected chi connectivity index (χ1v) is 14.7. The van der Waals surface area contributed by atoms with E-state index >= 15 is 0 Å². The molecule has 4 aromatic rings. The number of rotatable bonds is 9. The number of hydrogen-bond donors (Lipinski definition) is 3. The molecule has 0 spiro atoms. The number of carbonyl (C=O) groups excluding carboxylic acids is 1. The number of amides is 1. The van der Waals surface area contributed by atoms with Gasteiger partial charge in [-0.3, -0.25) is 9.52 Å². The van der Waals surface area contributed by atoms with Crippen LogP contribution in [0.1, 0.15) is 12.6 Å². The maximum atomic E-state index is 13.6. The normalized spacial score (nSPS) is 13.2. The van der Waals surface area contributed by atoms with Crippen LogP contribution in [0.25, 0.3) is 10.9 Å². The van der Waals surface area contributed by atoms with Crippen molar-refractivity contribution < 1.29 is 27.4 Å². The Morgan fingerprint density at radius 3 is 2.52 bits per heavy atom. The molecule has 1 aliphatic rings. The summed E-state index contributed by atoms with van der Waals surface area (Å²) in [5.74, 6) is 6.25. The Kier molecular flexibility index (Phi) is 9.77. The lowest BCUT2D eigenvalue weighted by Gasteiger charge is -2.29. The van der Waals surface area contributed by atoms with Crippen molar-refractivity contribution >= 4 is 51.5 Å². The Bertz CT molecular complexity index is 1670. The predicted molar refractivity (Wildman–Crippen MR) is 169 cm³/mol. The molecule has 1 saturated heterocycles. The molecule has 1 fully saturated rings. The molecule has 8 nitrogen and oxygen atoms in total. The number of morpholine rings is 1. The Morgan fingerprint density at radius 2 is 1.82 bits per heavy atom. The highest BCUT2D eigenvalue weighted by molar-refractivity contribution is 7.98. The number of hydrogen-bond acceptors (Lipinski definition) is 7. The van der Waals surface area contributed by atoms with Crippen molar-refractivity contribution in [3.63, 3.8) is 0 Å². The molecule has 12 heteroatoms. The Morgan fingerprint density at radius 1 is 1.05 bits per heavy atom. The summed E-state index contributed by atoms with van der Waals surface area (Å²) in [6.07, 6.45) is -4.43. The predicted octanol–water partition coefficient (Wildman–Crippen LogP) is 6.40. The number of carbonyl (C=O) groups is 1. The number of nitrogens with zero attached hydrogens (tertiary/aromatic N) is 2. The number of methoxy groups -OCH3 is 1. The fourth-order valence-corrected chi connectivity index (χ4v) is 5.43. The summed E-state index contributed by atoms with van der Waals surface area (Å²) in [7, 11) is 1.53. The molecular formula is C32H32F3N5O3S. The zero-order valence-corrected chi connectivity index (χ0v) is 25.1. The van der Waals surface area contributed by atoms with Gasteiger partial charge < -0.3 is 29.6 Å². The van der Waals surface area contributed by atoms with Gasteiger partial charge >= 0.3 is 6.18 Å². The van der Waals surface area contributed by atoms with Gasteiger partial charge in [0.15, 0.2) is 0 Å². The number of halogens is 3. The first-order chi connectivity index (χ1) is 21.2. The summed E-state index contributed by atoms with van der Waals surface area (Å²) >= 11 is 1.17. The number of nitrogens with one attached hydrogen (secondary N) is 3. The molecule has 0 atom stereocenters. The Hall–Kier alpha value is -4.47. The van der Waals surface area contributed by atoms with Crippen LogP contribution in [0.5, 0.6) is 5.75 Å². The minimum absolute atomic E-state index is 0.169. The van der Waals surface area contributed by atoms with Gasteiger partial charge in [-0.1, -0.05) is 12.0 Å². The number of alkyl halides is 3. The van der Waals surface area contributed by atoms with E-state index in [1.165, 1.54) is 30.5 Å². The molecule has 0 unspecified atom stereocenters. The fourth-order valence-electron chi connectivity index (χ4n) is 4.87. The van der Waals surface area contributed by atoms with Gasteiger partial charge in [-0.05, 0) is 78.5 Å². The van der Waals surface area contributed by atoms with Crippen molar-refractivity contribution in [2.45, 2.75) is 24.5 Å². The first kappa shape index (κ1) is 31.0. The van der Waals surface area contributed by atoms with Crippen LogP contribution in [-0.2, 0) is 16.1 Å². The van der Waals surface area contributed by atoms with Gasteiger partial charge in [0.1, 0.15) is 12.3 Å². The summed E-state index contributed by atoms with van der Waals surface area (Å²) in [5, 5.41) is 7.15. The Labute approximate surface area is 258 Å². The third kappa shape index (κ3) is 7.92. The molecule has 3 aromatic carbocycles. The third-order valence-electron chi connectivity index (χ3n) is 6.87. The summed E-state index contributed by atoms with van der Waals surface area (Å²) < 4.78 is 55.7. The van der Waals surface area contributed by atoms with E-state index in [2.05, 4.69) is 32.1 Å². The van der Waals surface area contributed by atoms with Crippen LogP contribution in [0, 0.1) is 11.8 Å². The van der Waals surface area contributed by atoms with Crippen LogP contribution in [0.4, 0.5) is 35.9 Å². The van der Waals surface area contributed by atoms with E-state index in [0.717, 1.165) is 29.4 Å². The smallest absolute Gasteiger partial charge is 0.406 e. The van der Waals surface area contributed by atoms with E-state index in [-0.39, 0.29) is 18.1 Å². The van der Waals surface area contributed by atoms with Crippen LogP contribution in [0.3, 0.4) is 0 Å². The van der Waals surface area contributed by atoms with Crippen LogP contribution in [0.2, 0.25) is 0 Å². The zero-order valence-electron chi connectivity index (χ0n) is 24.3. The summed E-state index contributed by atoms with van der Waals surface area (Å²) in [5.41, 5.74) is 3.96. The lowest BCUT2D eigenvalue weighted by atomic mass is 10.2. The molecule has 0 aliphatic carbocycles. The summed E-state index contributed by atoms with van der Waals surface area (Å²) in [6, 6.07) is 20.3. The number of aromatic nitrogens is 1. The second-order valence-electron chi connectivity index (χ2n) is 10.0. The zero-order chi connectivity index (χ0) is 31.1. The number of anilines is 4. The minimum Gasteiger partial charge on any atom is -0.495 e. The van der Waals surface area contributed by atoms with E-state index < -0.39 is 12.7 Å². The second-order valence-corrected chi connectivity index (χ2v) is 10.9. The maximum Gasteiger partial charge on any atom is 0.406 e. The summed E-state index contributed by atoms with van der Waals surface area (Å²) in [4.78, 5) is 14.2. The first-order valence-electron chi connectivity index (χ1n) is 13.9. The SMILES string of the molecule is COc1cc(SNC(C)=O)ccc1NCC#Cc1cc2c(Nc3ccc(N4CCOCC4)cc3)cccc2n1CC(F)(F)F. The molecule has 1 aliphatic heterocycles. The van der Waals surface area contributed by atoms with Gasteiger partial charge in [0.2, 0.25) is 5.91 Å². The minimum atomic E-state index is -4.43. The van der Waals surface area contributed by atoms with Gasteiger partial charge in [0.25, 0.3) is 0 Å². The molecule has 1 amide bonds. The summed E-state index contributed by atoms with van der Waals surface area (Å²) in [6.45, 7) is 3.49. The molecule has 0 saturated carbocycles. The molecule has 5 rings (SSSR count). The van der Waals surface area contributed by atoms with Gasteiger partial charge in [-0.2, -0.15) is 13.2 Å². The number of benzene rings is 3. The van der Waals surface area contributed by atoms with Crippen molar-refractivity contribution in [2.24, 2.45) is 0 Å². The van der Waals surface area contributed by atoms with Gasteiger partial charge in [0.05, 0.1) is 43.8 Å². The van der Waals surface area contributed by atoms with E-state index in [4.69, 9.17) is 9.47 Å². The highest BCUT2D eigenvalue weighted by atomic mass is 32.2. The van der Waals surface area contributed by atoms with Crippen molar-refractivity contribution in [3.8, 4) is 17.6 Å². The van der Waals surface area contributed by atoms with Crippen LogP contribution in [-0.4, -0.2) is 56.6 Å². The molecular weight excluding hydrogens is 591 g/mol. The van der Waals surface area contributed by atoms with Crippen molar-refractivity contribution in [1.29, 1.82) is 0 Å². The molecule has 2 heterocycles. The standard InChI is InChI=1S/C32H32F3N5O3S/c1-22(41)38-44-26-12-13-29(31(20-26)42-2)36-14-4-5-25-19-27-28(6-3-7-30(27)40(25)21-32(33,34)35)37-23-8-10-24(11-9-23)39-15-17-43-18-16-39/h3,6-13,19-20,36-37H,14-18,21H2,1-2H3,(H,38,41).